The summed E-state index contributed by atoms with van der Waals surface area (Å²) in [7, 11) is 1.49. The van der Waals surface area contributed by atoms with Gasteiger partial charge in [-0.2, -0.15) is 0 Å². The minimum atomic E-state index is -1.39. The lowest BCUT2D eigenvalue weighted by atomic mass is 9.87. The third kappa shape index (κ3) is 3.00. The highest BCUT2D eigenvalue weighted by Crippen LogP contribution is 2.41. The van der Waals surface area contributed by atoms with Crippen LogP contribution < -0.4 is 27.6 Å². The molecule has 2 aromatic heterocycles. The van der Waals surface area contributed by atoms with Crippen LogP contribution in [0.1, 0.15) is 46.5 Å². The largest absolute Gasteiger partial charge is 0.498 e. The zero-order valence-corrected chi connectivity index (χ0v) is 17.1. The smallest absolute Gasteiger partial charge is 0.329 e. The zero-order chi connectivity index (χ0) is 20.3. The van der Waals surface area contributed by atoms with Crippen LogP contribution in [-0.2, 0) is 17.6 Å². The number of fused-ring (bicyclic) bond motifs is 2. The van der Waals surface area contributed by atoms with Gasteiger partial charge in [0.25, 0.3) is 5.56 Å². The van der Waals surface area contributed by atoms with Crippen molar-refractivity contribution in [2.24, 2.45) is 11.7 Å². The minimum Gasteiger partial charge on any atom is -0.498 e. The van der Waals surface area contributed by atoms with E-state index in [4.69, 9.17) is 10.5 Å². The Labute approximate surface area is 170 Å². The molecule has 0 spiro atoms. The Morgan fingerprint density at radius 3 is 2.83 bits per heavy atom. The monoisotopic (exact) mass is 417 g/mol. The normalized spacial score (nSPS) is 25.9. The molecule has 0 aromatic carbocycles. The second-order valence-electron chi connectivity index (χ2n) is 8.22. The highest BCUT2D eigenvalue weighted by atomic mass is 32.1. The number of rotatable bonds is 4. The number of nitrogens with two attached hydrogens (primary N) is 1. The summed E-state index contributed by atoms with van der Waals surface area (Å²) in [6, 6.07) is 2.11. The van der Waals surface area contributed by atoms with Gasteiger partial charge in [-0.15, -0.1) is 11.3 Å². The van der Waals surface area contributed by atoms with Gasteiger partial charge in [0, 0.05) is 15.8 Å². The van der Waals surface area contributed by atoms with Crippen molar-refractivity contribution in [3.05, 3.63) is 52.8 Å². The van der Waals surface area contributed by atoms with Crippen molar-refractivity contribution in [1.82, 2.24) is 9.55 Å². The molecule has 29 heavy (non-hydrogen) atoms. The second kappa shape index (κ2) is 6.95. The zero-order valence-electron chi connectivity index (χ0n) is 16.2. The van der Waals surface area contributed by atoms with Crippen molar-refractivity contribution in [3.8, 4) is 0 Å². The molecule has 0 amide bonds. The van der Waals surface area contributed by atoms with Crippen LogP contribution in [0, 0.1) is 5.92 Å². The second-order valence-corrected chi connectivity index (χ2v) is 9.39. The number of thiophene rings is 1. The van der Waals surface area contributed by atoms with Crippen molar-refractivity contribution >= 4 is 23.2 Å². The average molecular weight is 418 g/mol. The number of ether oxygens (including phenoxy) is 1. The predicted octanol–water partition coefficient (Wildman–Crippen LogP) is 0.667. The first-order chi connectivity index (χ1) is 14.0. The van der Waals surface area contributed by atoms with Crippen LogP contribution in [0.5, 0.6) is 0 Å². The molecular formula is C21H24FN3O3S. The summed E-state index contributed by atoms with van der Waals surface area (Å²) in [6.45, 7) is 0.660. The Bertz CT molecular complexity index is 1210. The molecule has 3 atom stereocenters. The Kier molecular flexibility index (Phi) is 4.51. The van der Waals surface area contributed by atoms with Gasteiger partial charge in [-0.25, -0.2) is 9.18 Å². The Morgan fingerprint density at radius 2 is 2.14 bits per heavy atom. The molecule has 8 heteroatoms. The number of aryl methyl sites for hydroxylation is 1. The molecule has 6 nitrogen and oxygen atoms in total. The Balaban J connectivity index is 1.72. The number of halogens is 1. The molecule has 0 bridgehead atoms. The van der Waals surface area contributed by atoms with Crippen LogP contribution in [-0.4, -0.2) is 29.4 Å². The van der Waals surface area contributed by atoms with E-state index in [0.717, 1.165) is 37.0 Å². The Morgan fingerprint density at radius 1 is 1.34 bits per heavy atom. The van der Waals surface area contributed by atoms with Gasteiger partial charge in [0.05, 0.1) is 23.6 Å². The SMILES string of the molecule is COC1=c2c(c(=O)[nH]c(=O)n2C2CC2)=CC(F)C1c1cc2c(s1)CCC(CN)C2. The topological polar surface area (TPSA) is 90.1 Å². The van der Waals surface area contributed by atoms with Crippen LogP contribution in [0.25, 0.3) is 11.8 Å². The number of hydrogen-bond donors (Lipinski definition) is 2. The van der Waals surface area contributed by atoms with Gasteiger partial charge in [0.2, 0.25) is 0 Å². The van der Waals surface area contributed by atoms with Crippen LogP contribution in [0.15, 0.2) is 15.7 Å². The molecule has 0 radical (unpaired) electrons. The standard InChI is InChI=1S/C21H24FN3O3S/c1-28-19-17(16-7-11-6-10(9-23)2-5-15(11)29-16)14(22)8-13-18(19)25(12-3-4-12)21(27)24-20(13)26/h7-8,10,12,14,17H,2-6,9,23H2,1H3,(H,24,26,27). The lowest BCUT2D eigenvalue weighted by Crippen LogP contribution is -2.57. The first kappa shape index (κ1) is 18.8. The molecule has 0 saturated heterocycles. The number of hydrogen-bond acceptors (Lipinski definition) is 5. The summed E-state index contributed by atoms with van der Waals surface area (Å²) in [5.74, 6) is 0.193. The highest BCUT2D eigenvalue weighted by molar-refractivity contribution is 7.12. The number of methoxy groups -OCH3 is 1. The van der Waals surface area contributed by atoms with Gasteiger partial charge in [-0.1, -0.05) is 0 Å². The lowest BCUT2D eigenvalue weighted by molar-refractivity contribution is 0.292. The number of aromatic amines is 1. The van der Waals surface area contributed by atoms with Gasteiger partial charge in [-0.3, -0.25) is 14.3 Å². The summed E-state index contributed by atoms with van der Waals surface area (Å²) in [6.07, 6.45) is 4.62. The number of nitrogens with zero attached hydrogens (tertiary/aromatic N) is 1. The van der Waals surface area contributed by atoms with Gasteiger partial charge in [-0.05, 0) is 62.3 Å². The summed E-state index contributed by atoms with van der Waals surface area (Å²) in [4.78, 5) is 29.4. The molecule has 0 aliphatic heterocycles. The van der Waals surface area contributed by atoms with Crippen molar-refractivity contribution in [1.29, 1.82) is 0 Å². The maximum absolute atomic E-state index is 15.4. The number of nitrogens with one attached hydrogen (secondary N) is 1. The molecule has 3 N–H and O–H groups in total. The third-order valence-corrected chi connectivity index (χ3v) is 7.64. The molecule has 1 saturated carbocycles. The third-order valence-electron chi connectivity index (χ3n) is 6.32. The fourth-order valence-corrected chi connectivity index (χ4v) is 6.03. The van der Waals surface area contributed by atoms with Gasteiger partial charge < -0.3 is 10.5 Å². The first-order valence-electron chi connectivity index (χ1n) is 10.1. The van der Waals surface area contributed by atoms with Gasteiger partial charge in [0.15, 0.2) is 0 Å². The summed E-state index contributed by atoms with van der Waals surface area (Å²) in [5, 5.41) is 0.635. The summed E-state index contributed by atoms with van der Waals surface area (Å²) < 4.78 is 22.7. The summed E-state index contributed by atoms with van der Waals surface area (Å²) in [5.41, 5.74) is 6.09. The number of alkyl halides is 1. The minimum absolute atomic E-state index is 0.0327. The van der Waals surface area contributed by atoms with E-state index in [2.05, 4.69) is 11.1 Å². The first-order valence-corrected chi connectivity index (χ1v) is 10.9. The molecule has 2 heterocycles. The maximum atomic E-state index is 15.4. The van der Waals surface area contributed by atoms with Gasteiger partial charge >= 0.3 is 5.69 Å². The number of aromatic nitrogens is 2. The molecule has 3 aliphatic rings. The van der Waals surface area contributed by atoms with Crippen LogP contribution in [0.2, 0.25) is 0 Å². The van der Waals surface area contributed by atoms with Crippen molar-refractivity contribution in [3.63, 3.8) is 0 Å². The quantitative estimate of drug-likeness (QED) is 0.765. The van der Waals surface area contributed by atoms with E-state index in [1.165, 1.54) is 23.6 Å². The van der Waals surface area contributed by atoms with E-state index < -0.39 is 23.3 Å². The lowest BCUT2D eigenvalue weighted by Gasteiger charge is -2.24. The molecule has 2 aromatic rings. The Hall–Kier alpha value is -2.19. The van der Waals surface area contributed by atoms with Crippen LogP contribution >= 0.6 is 11.3 Å². The van der Waals surface area contributed by atoms with E-state index in [1.54, 1.807) is 15.9 Å². The predicted molar refractivity (Wildman–Crippen MR) is 110 cm³/mol. The van der Waals surface area contributed by atoms with Crippen LogP contribution in [0.4, 0.5) is 4.39 Å². The van der Waals surface area contributed by atoms with Crippen molar-refractivity contribution in [2.45, 2.75) is 50.2 Å². The van der Waals surface area contributed by atoms with E-state index in [-0.39, 0.29) is 11.3 Å². The van der Waals surface area contributed by atoms with E-state index in [9.17, 15) is 9.59 Å². The van der Waals surface area contributed by atoms with Crippen molar-refractivity contribution < 1.29 is 9.13 Å². The molecule has 3 aliphatic carbocycles. The average Bonchev–Trinajstić information content (AvgIpc) is 3.45. The molecule has 3 unspecified atom stereocenters. The van der Waals surface area contributed by atoms with E-state index in [0.29, 0.717) is 23.6 Å². The summed E-state index contributed by atoms with van der Waals surface area (Å²) >= 11 is 1.62. The molecule has 1 fully saturated rings. The van der Waals surface area contributed by atoms with Crippen molar-refractivity contribution in [2.75, 3.05) is 13.7 Å². The van der Waals surface area contributed by atoms with E-state index in [1.807, 2.05) is 0 Å². The maximum Gasteiger partial charge on any atom is 0.329 e. The van der Waals surface area contributed by atoms with E-state index >= 15 is 4.39 Å². The van der Waals surface area contributed by atoms with Crippen LogP contribution in [0.3, 0.4) is 0 Å². The highest BCUT2D eigenvalue weighted by Gasteiger charge is 2.36. The fraction of sp³-hybridized carbons (Fsp3) is 0.524. The fourth-order valence-electron chi connectivity index (χ4n) is 4.68. The molecule has 154 valence electrons. The van der Waals surface area contributed by atoms with Gasteiger partial charge in [0.1, 0.15) is 11.9 Å². The number of H-pyrrole nitrogens is 1. The molecule has 5 rings (SSSR count). The molecular weight excluding hydrogens is 393 g/mol.